The van der Waals surface area contributed by atoms with Crippen LogP contribution in [0.2, 0.25) is 0 Å². The zero-order valence-electron chi connectivity index (χ0n) is 9.29. The van der Waals surface area contributed by atoms with Crippen molar-refractivity contribution in [2.75, 3.05) is 26.4 Å². The molecule has 0 aliphatic carbocycles. The maximum absolute atomic E-state index is 5.52. The number of hydrogen-bond acceptors (Lipinski definition) is 3. The summed E-state index contributed by atoms with van der Waals surface area (Å²) in [5.74, 6) is 1.48. The van der Waals surface area contributed by atoms with E-state index in [2.05, 4.69) is 6.07 Å². The largest absolute Gasteiger partial charge is 0.490 e. The van der Waals surface area contributed by atoms with Crippen LogP contribution in [0.1, 0.15) is 13.8 Å². The van der Waals surface area contributed by atoms with Gasteiger partial charge < -0.3 is 14.2 Å². The topological polar surface area (TPSA) is 27.7 Å². The molecule has 15 heavy (non-hydrogen) atoms. The number of ether oxygens (including phenoxy) is 3. The van der Waals surface area contributed by atoms with Gasteiger partial charge in [-0.3, -0.25) is 0 Å². The van der Waals surface area contributed by atoms with Crippen LogP contribution in [0.5, 0.6) is 11.5 Å². The van der Waals surface area contributed by atoms with Gasteiger partial charge in [-0.1, -0.05) is 6.07 Å². The van der Waals surface area contributed by atoms with Crippen molar-refractivity contribution in [2.24, 2.45) is 0 Å². The lowest BCUT2D eigenvalue weighted by molar-refractivity contribution is 0.108. The molecule has 0 aliphatic rings. The van der Waals surface area contributed by atoms with Gasteiger partial charge >= 0.3 is 0 Å². The summed E-state index contributed by atoms with van der Waals surface area (Å²) < 4.78 is 16.1. The summed E-state index contributed by atoms with van der Waals surface area (Å²) in [7, 11) is 0. The summed E-state index contributed by atoms with van der Waals surface area (Å²) in [5, 5.41) is 0. The molecule has 0 saturated heterocycles. The van der Waals surface area contributed by atoms with Gasteiger partial charge in [-0.25, -0.2) is 0 Å². The second kappa shape index (κ2) is 7.12. The smallest absolute Gasteiger partial charge is 0.161 e. The van der Waals surface area contributed by atoms with Gasteiger partial charge in [0.15, 0.2) is 11.5 Å². The summed E-state index contributed by atoms with van der Waals surface area (Å²) in [6.07, 6.45) is 0. The monoisotopic (exact) mass is 209 g/mol. The van der Waals surface area contributed by atoms with Crippen LogP contribution in [0.3, 0.4) is 0 Å². The SMILES string of the molecule is CCOCCOc1cc[c]cc1OCC. The van der Waals surface area contributed by atoms with Gasteiger partial charge in [0.05, 0.1) is 13.2 Å². The Labute approximate surface area is 91.0 Å². The van der Waals surface area contributed by atoms with E-state index in [0.29, 0.717) is 26.4 Å². The lowest BCUT2D eigenvalue weighted by atomic mass is 10.3. The van der Waals surface area contributed by atoms with Crippen LogP contribution in [0, 0.1) is 6.07 Å². The molecule has 0 fully saturated rings. The van der Waals surface area contributed by atoms with Gasteiger partial charge in [0.25, 0.3) is 0 Å². The third-order valence-electron chi connectivity index (χ3n) is 1.78. The first-order valence-electron chi connectivity index (χ1n) is 5.22. The Hall–Kier alpha value is -1.22. The van der Waals surface area contributed by atoms with E-state index in [-0.39, 0.29) is 0 Å². The highest BCUT2D eigenvalue weighted by atomic mass is 16.5. The molecule has 0 aromatic heterocycles. The molecule has 0 N–H and O–H groups in total. The van der Waals surface area contributed by atoms with Crippen LogP contribution >= 0.6 is 0 Å². The molecule has 0 spiro atoms. The van der Waals surface area contributed by atoms with E-state index in [1.807, 2.05) is 19.9 Å². The van der Waals surface area contributed by atoms with E-state index in [1.165, 1.54) is 0 Å². The van der Waals surface area contributed by atoms with Gasteiger partial charge in [0.2, 0.25) is 0 Å². The van der Waals surface area contributed by atoms with Crippen molar-refractivity contribution in [1.29, 1.82) is 0 Å². The fraction of sp³-hybridized carbons (Fsp3) is 0.500. The maximum atomic E-state index is 5.52. The minimum atomic E-state index is 0.540. The van der Waals surface area contributed by atoms with Gasteiger partial charge in [-0.05, 0) is 32.0 Å². The van der Waals surface area contributed by atoms with Gasteiger partial charge in [-0.2, -0.15) is 0 Å². The molecule has 1 aromatic rings. The maximum Gasteiger partial charge on any atom is 0.161 e. The Morgan fingerprint density at radius 3 is 2.67 bits per heavy atom. The zero-order valence-corrected chi connectivity index (χ0v) is 9.29. The second-order valence-corrected chi connectivity index (χ2v) is 2.85. The molecular formula is C12H17O3. The molecule has 3 nitrogen and oxygen atoms in total. The Bertz CT molecular complexity index is 273. The lowest BCUT2D eigenvalue weighted by Crippen LogP contribution is -2.07. The van der Waals surface area contributed by atoms with Crippen LogP contribution in [0.4, 0.5) is 0 Å². The van der Waals surface area contributed by atoms with Gasteiger partial charge in [-0.15, -0.1) is 0 Å². The molecule has 0 heterocycles. The average molecular weight is 209 g/mol. The molecule has 3 heteroatoms. The van der Waals surface area contributed by atoms with Crippen LogP contribution in [-0.4, -0.2) is 26.4 Å². The predicted molar refractivity (Wildman–Crippen MR) is 58.4 cm³/mol. The second-order valence-electron chi connectivity index (χ2n) is 2.85. The van der Waals surface area contributed by atoms with E-state index in [0.717, 1.165) is 11.5 Å². The quantitative estimate of drug-likeness (QED) is 0.645. The van der Waals surface area contributed by atoms with Crippen molar-refractivity contribution in [3.8, 4) is 11.5 Å². The van der Waals surface area contributed by atoms with Gasteiger partial charge in [0.1, 0.15) is 6.61 Å². The molecule has 0 unspecified atom stereocenters. The van der Waals surface area contributed by atoms with E-state index < -0.39 is 0 Å². The van der Waals surface area contributed by atoms with Crippen molar-refractivity contribution in [3.05, 3.63) is 24.3 Å². The summed E-state index contributed by atoms with van der Waals surface area (Å²) in [5.41, 5.74) is 0. The fourth-order valence-corrected chi connectivity index (χ4v) is 1.14. The van der Waals surface area contributed by atoms with Crippen LogP contribution in [-0.2, 0) is 4.74 Å². The Morgan fingerprint density at radius 2 is 1.93 bits per heavy atom. The summed E-state index contributed by atoms with van der Waals surface area (Å²) in [6, 6.07) is 8.38. The molecule has 83 valence electrons. The molecule has 0 atom stereocenters. The molecule has 1 aromatic carbocycles. The van der Waals surface area contributed by atoms with Crippen molar-refractivity contribution in [3.63, 3.8) is 0 Å². The van der Waals surface area contributed by atoms with Crippen molar-refractivity contribution in [2.45, 2.75) is 13.8 Å². The van der Waals surface area contributed by atoms with E-state index in [4.69, 9.17) is 14.2 Å². The molecule has 0 saturated carbocycles. The minimum absolute atomic E-state index is 0.540. The third kappa shape index (κ3) is 4.21. The first-order valence-corrected chi connectivity index (χ1v) is 5.22. The third-order valence-corrected chi connectivity index (χ3v) is 1.78. The highest BCUT2D eigenvalue weighted by Crippen LogP contribution is 2.25. The summed E-state index contributed by atoms with van der Waals surface area (Å²) in [4.78, 5) is 0. The summed E-state index contributed by atoms with van der Waals surface area (Å²) >= 11 is 0. The fourth-order valence-electron chi connectivity index (χ4n) is 1.14. The molecule has 1 radical (unpaired) electrons. The van der Waals surface area contributed by atoms with Crippen LogP contribution in [0.25, 0.3) is 0 Å². The minimum Gasteiger partial charge on any atom is -0.490 e. The predicted octanol–water partition coefficient (Wildman–Crippen LogP) is 2.30. The van der Waals surface area contributed by atoms with Crippen molar-refractivity contribution in [1.82, 2.24) is 0 Å². The van der Waals surface area contributed by atoms with Crippen LogP contribution in [0.15, 0.2) is 18.2 Å². The molecule has 0 amide bonds. The van der Waals surface area contributed by atoms with Gasteiger partial charge in [0, 0.05) is 6.61 Å². The van der Waals surface area contributed by atoms with Crippen molar-refractivity contribution < 1.29 is 14.2 Å². The average Bonchev–Trinajstić information content (AvgIpc) is 2.27. The highest BCUT2D eigenvalue weighted by Gasteiger charge is 2.02. The Morgan fingerprint density at radius 1 is 1.07 bits per heavy atom. The van der Waals surface area contributed by atoms with E-state index in [9.17, 15) is 0 Å². The highest BCUT2D eigenvalue weighted by molar-refractivity contribution is 5.38. The van der Waals surface area contributed by atoms with Crippen molar-refractivity contribution >= 4 is 0 Å². The molecular weight excluding hydrogens is 192 g/mol. The molecule has 0 bridgehead atoms. The Kier molecular flexibility index (Phi) is 5.63. The van der Waals surface area contributed by atoms with Crippen LogP contribution < -0.4 is 9.47 Å². The summed E-state index contributed by atoms with van der Waals surface area (Å²) in [6.45, 7) is 6.38. The van der Waals surface area contributed by atoms with E-state index >= 15 is 0 Å². The number of rotatable bonds is 7. The standard InChI is InChI=1S/C12H17O3/c1-3-13-9-10-15-12-8-6-5-7-11(12)14-4-2/h6-8H,3-4,9-10H2,1-2H3. The first kappa shape index (κ1) is 11.9. The number of hydrogen-bond donors (Lipinski definition) is 0. The first-order chi connectivity index (χ1) is 7.38. The normalized spacial score (nSPS) is 10.0. The zero-order chi connectivity index (χ0) is 10.9. The van der Waals surface area contributed by atoms with E-state index in [1.54, 1.807) is 12.1 Å². The number of benzene rings is 1. The molecule has 1 rings (SSSR count). The lowest BCUT2D eigenvalue weighted by Gasteiger charge is -2.11. The Balaban J connectivity index is 2.44. The molecule has 0 aliphatic heterocycles.